The third-order valence-corrected chi connectivity index (χ3v) is 1.60. The van der Waals surface area contributed by atoms with Gasteiger partial charge in [0.1, 0.15) is 0 Å². The van der Waals surface area contributed by atoms with Gasteiger partial charge in [-0.05, 0) is 12.5 Å². The van der Waals surface area contributed by atoms with Crippen molar-refractivity contribution in [2.45, 2.75) is 19.8 Å². The zero-order valence-electron chi connectivity index (χ0n) is 6.51. The van der Waals surface area contributed by atoms with Gasteiger partial charge >= 0.3 is 0 Å². The molecule has 0 N–H and O–H groups in total. The van der Waals surface area contributed by atoms with Crippen LogP contribution < -0.4 is 0 Å². The molecule has 1 radical (unpaired) electrons. The molecular formula is C9H14N. The van der Waals surface area contributed by atoms with E-state index in [0.29, 0.717) is 0 Å². The van der Waals surface area contributed by atoms with E-state index in [1.165, 1.54) is 12.8 Å². The number of rotatable bonds is 3. The molecule has 1 heterocycles. The molecule has 0 amide bonds. The van der Waals surface area contributed by atoms with Gasteiger partial charge in [-0.3, -0.25) is 0 Å². The highest BCUT2D eigenvalue weighted by atomic mass is 15.1. The molecule has 0 aromatic carbocycles. The molecule has 0 spiro atoms. The van der Waals surface area contributed by atoms with Crippen LogP contribution in [0, 0.1) is 6.20 Å². The molecule has 0 saturated carbocycles. The third kappa shape index (κ3) is 2.26. The highest BCUT2D eigenvalue weighted by molar-refractivity contribution is 5.04. The van der Waals surface area contributed by atoms with Crippen molar-refractivity contribution in [1.82, 2.24) is 4.90 Å². The Labute approximate surface area is 63.0 Å². The number of hydrogen-bond acceptors (Lipinski definition) is 1. The van der Waals surface area contributed by atoms with Gasteiger partial charge in [0.2, 0.25) is 0 Å². The minimum Gasteiger partial charge on any atom is -0.366 e. The van der Waals surface area contributed by atoms with Crippen molar-refractivity contribution in [1.29, 1.82) is 0 Å². The smallest absolute Gasteiger partial charge is 0.0606 e. The average molecular weight is 136 g/mol. The molecule has 0 atom stereocenters. The van der Waals surface area contributed by atoms with E-state index >= 15 is 0 Å². The zero-order valence-corrected chi connectivity index (χ0v) is 6.51. The van der Waals surface area contributed by atoms with Gasteiger partial charge in [0.15, 0.2) is 0 Å². The van der Waals surface area contributed by atoms with Crippen LogP contribution in [0.5, 0.6) is 0 Å². The van der Waals surface area contributed by atoms with Crippen LogP contribution in [0.25, 0.3) is 0 Å². The fourth-order valence-corrected chi connectivity index (χ4v) is 0.962. The first-order valence-corrected chi connectivity index (χ1v) is 3.93. The van der Waals surface area contributed by atoms with E-state index in [4.69, 9.17) is 0 Å². The Morgan fingerprint density at radius 2 is 2.50 bits per heavy atom. The van der Waals surface area contributed by atoms with Crippen molar-refractivity contribution in [2.24, 2.45) is 0 Å². The summed E-state index contributed by atoms with van der Waals surface area (Å²) in [6, 6.07) is 0. The molecule has 1 heteroatoms. The van der Waals surface area contributed by atoms with Crippen LogP contribution in [0.15, 0.2) is 18.2 Å². The Balaban J connectivity index is 2.17. The first-order valence-electron chi connectivity index (χ1n) is 3.93. The summed E-state index contributed by atoms with van der Waals surface area (Å²) in [7, 11) is 0. The second kappa shape index (κ2) is 4.15. The van der Waals surface area contributed by atoms with Gasteiger partial charge in [0.05, 0.1) is 6.20 Å². The van der Waals surface area contributed by atoms with Gasteiger partial charge in [0, 0.05) is 13.1 Å². The van der Waals surface area contributed by atoms with E-state index in [2.05, 4.69) is 24.1 Å². The molecule has 0 aromatic heterocycles. The molecule has 1 aliphatic rings. The summed E-state index contributed by atoms with van der Waals surface area (Å²) in [6.45, 7) is 4.40. The molecule has 10 heavy (non-hydrogen) atoms. The molecule has 0 saturated heterocycles. The number of hydrogen-bond donors (Lipinski definition) is 0. The van der Waals surface area contributed by atoms with E-state index in [1.54, 1.807) is 0 Å². The fraction of sp³-hybridized carbons (Fsp3) is 0.556. The summed E-state index contributed by atoms with van der Waals surface area (Å²) in [6.07, 6.45) is 11.9. The summed E-state index contributed by atoms with van der Waals surface area (Å²) in [5, 5.41) is 0. The second-order valence-electron chi connectivity index (χ2n) is 2.52. The molecule has 1 nitrogen and oxygen atoms in total. The monoisotopic (exact) mass is 136 g/mol. The molecule has 1 aliphatic heterocycles. The maximum absolute atomic E-state index is 3.18. The van der Waals surface area contributed by atoms with Crippen LogP contribution >= 0.6 is 0 Å². The molecule has 0 bridgehead atoms. The highest BCUT2D eigenvalue weighted by Gasteiger charge is 1.97. The molecule has 0 aliphatic carbocycles. The largest absolute Gasteiger partial charge is 0.366 e. The SMILES string of the molecule is CCCCN1[C]=CC=CC1. The van der Waals surface area contributed by atoms with Crippen molar-refractivity contribution < 1.29 is 0 Å². The highest BCUT2D eigenvalue weighted by Crippen LogP contribution is 1.99. The van der Waals surface area contributed by atoms with Gasteiger partial charge < -0.3 is 4.90 Å². The molecule has 0 fully saturated rings. The first kappa shape index (κ1) is 7.39. The maximum Gasteiger partial charge on any atom is 0.0606 e. The van der Waals surface area contributed by atoms with Crippen LogP contribution in [-0.2, 0) is 0 Å². The summed E-state index contributed by atoms with van der Waals surface area (Å²) in [5.41, 5.74) is 0. The lowest BCUT2D eigenvalue weighted by Crippen LogP contribution is -2.20. The lowest BCUT2D eigenvalue weighted by Gasteiger charge is -2.18. The van der Waals surface area contributed by atoms with E-state index < -0.39 is 0 Å². The van der Waals surface area contributed by atoms with E-state index in [0.717, 1.165) is 13.1 Å². The second-order valence-corrected chi connectivity index (χ2v) is 2.52. The van der Waals surface area contributed by atoms with Crippen molar-refractivity contribution in [3.63, 3.8) is 0 Å². The Kier molecular flexibility index (Phi) is 3.07. The van der Waals surface area contributed by atoms with E-state index in [9.17, 15) is 0 Å². The van der Waals surface area contributed by atoms with Crippen LogP contribution in [-0.4, -0.2) is 18.0 Å². The Morgan fingerprint density at radius 1 is 1.60 bits per heavy atom. The Morgan fingerprint density at radius 3 is 3.10 bits per heavy atom. The topological polar surface area (TPSA) is 3.24 Å². The minimum atomic E-state index is 1.04. The van der Waals surface area contributed by atoms with E-state index in [-0.39, 0.29) is 0 Å². The van der Waals surface area contributed by atoms with Gasteiger partial charge in [-0.25, -0.2) is 0 Å². The maximum atomic E-state index is 3.18. The van der Waals surface area contributed by atoms with Crippen molar-refractivity contribution in [3.05, 3.63) is 24.4 Å². The summed E-state index contributed by atoms with van der Waals surface area (Å²) in [4.78, 5) is 2.21. The number of nitrogens with zero attached hydrogens (tertiary/aromatic N) is 1. The van der Waals surface area contributed by atoms with Crippen LogP contribution in [0.2, 0.25) is 0 Å². The minimum absolute atomic E-state index is 1.04. The van der Waals surface area contributed by atoms with Gasteiger partial charge in [-0.15, -0.1) is 0 Å². The fourth-order valence-electron chi connectivity index (χ4n) is 0.962. The van der Waals surface area contributed by atoms with Crippen LogP contribution in [0.3, 0.4) is 0 Å². The molecule has 0 unspecified atom stereocenters. The molecule has 55 valence electrons. The van der Waals surface area contributed by atoms with Gasteiger partial charge in [-0.1, -0.05) is 25.5 Å². The zero-order chi connectivity index (χ0) is 7.23. The number of unbranched alkanes of at least 4 members (excludes halogenated alkanes) is 1. The third-order valence-electron chi connectivity index (χ3n) is 1.60. The summed E-state index contributed by atoms with van der Waals surface area (Å²) < 4.78 is 0. The Hall–Kier alpha value is -0.720. The lowest BCUT2D eigenvalue weighted by molar-refractivity contribution is 0.383. The molecule has 0 aromatic rings. The van der Waals surface area contributed by atoms with Crippen molar-refractivity contribution in [2.75, 3.05) is 13.1 Å². The van der Waals surface area contributed by atoms with Crippen LogP contribution in [0.4, 0.5) is 0 Å². The standard InChI is InChI=1S/C9H14N/c1-2-3-7-10-8-5-4-6-9-10/h4-6H,2-3,7-8H2,1H3. The van der Waals surface area contributed by atoms with Gasteiger partial charge in [0.25, 0.3) is 0 Å². The normalized spacial score (nSPS) is 16.3. The lowest BCUT2D eigenvalue weighted by atomic mass is 10.3. The van der Waals surface area contributed by atoms with E-state index in [1.807, 2.05) is 12.2 Å². The molecule has 1 rings (SSSR count). The summed E-state index contributed by atoms with van der Waals surface area (Å²) >= 11 is 0. The predicted molar refractivity (Wildman–Crippen MR) is 43.4 cm³/mol. The van der Waals surface area contributed by atoms with Crippen LogP contribution in [0.1, 0.15) is 19.8 Å². The first-order chi connectivity index (χ1) is 4.93. The number of allylic oxidation sites excluding steroid dienone is 2. The van der Waals surface area contributed by atoms with Gasteiger partial charge in [-0.2, -0.15) is 0 Å². The Bertz CT molecular complexity index is 136. The molecular weight excluding hydrogens is 122 g/mol. The quantitative estimate of drug-likeness (QED) is 0.573. The predicted octanol–water partition coefficient (Wildman–Crippen LogP) is 1.98. The van der Waals surface area contributed by atoms with Crippen molar-refractivity contribution >= 4 is 0 Å². The van der Waals surface area contributed by atoms with Crippen molar-refractivity contribution in [3.8, 4) is 0 Å². The average Bonchev–Trinajstić information content (AvgIpc) is 2.03. The summed E-state index contributed by atoms with van der Waals surface area (Å²) in [5.74, 6) is 0.